The number of nitrogens with zero attached hydrogens (tertiary/aromatic N) is 1. The number of hydrogen-bond donors (Lipinski definition) is 1. The molecule has 0 bridgehead atoms. The van der Waals surface area contributed by atoms with E-state index in [-0.39, 0.29) is 11.9 Å². The van der Waals surface area contributed by atoms with Gasteiger partial charge >= 0.3 is 0 Å². The average Bonchev–Trinajstić information content (AvgIpc) is 2.75. The Morgan fingerprint density at radius 3 is 2.94 bits per heavy atom. The highest BCUT2D eigenvalue weighted by atomic mass is 19.1. The Balaban J connectivity index is 2.40. The van der Waals surface area contributed by atoms with E-state index >= 15 is 0 Å². The molecule has 0 saturated carbocycles. The molecule has 2 nitrogen and oxygen atoms in total. The van der Waals surface area contributed by atoms with Gasteiger partial charge in [0, 0.05) is 29.9 Å². The summed E-state index contributed by atoms with van der Waals surface area (Å²) in [5.74, 6) is -0.181. The van der Waals surface area contributed by atoms with E-state index in [4.69, 9.17) is 5.73 Å². The lowest BCUT2D eigenvalue weighted by atomic mass is 10.0. The van der Waals surface area contributed by atoms with E-state index in [1.54, 1.807) is 6.07 Å². The van der Waals surface area contributed by atoms with E-state index in [9.17, 15) is 4.39 Å². The highest BCUT2D eigenvalue weighted by Gasteiger charge is 2.26. The molecule has 1 heterocycles. The van der Waals surface area contributed by atoms with Crippen molar-refractivity contribution in [3.8, 4) is 0 Å². The quantitative estimate of drug-likeness (QED) is 0.873. The van der Waals surface area contributed by atoms with Crippen LogP contribution in [-0.4, -0.2) is 12.6 Å². The van der Waals surface area contributed by atoms with Crippen LogP contribution in [0, 0.1) is 5.82 Å². The van der Waals surface area contributed by atoms with E-state index in [0.29, 0.717) is 11.6 Å². The molecule has 2 atom stereocenters. The third kappa shape index (κ3) is 2.29. The maximum atomic E-state index is 13.9. The second-order valence-electron chi connectivity index (χ2n) is 4.86. The fraction of sp³-hybridized carbons (Fsp3) is 0.571. The zero-order valence-corrected chi connectivity index (χ0v) is 10.6. The molecule has 0 radical (unpaired) electrons. The second kappa shape index (κ2) is 5.05. The van der Waals surface area contributed by atoms with E-state index in [1.807, 2.05) is 13.0 Å². The minimum Gasteiger partial charge on any atom is -0.368 e. The van der Waals surface area contributed by atoms with Crippen LogP contribution in [0.1, 0.15) is 44.7 Å². The van der Waals surface area contributed by atoms with Crippen LogP contribution >= 0.6 is 0 Å². The Morgan fingerprint density at radius 2 is 2.29 bits per heavy atom. The van der Waals surface area contributed by atoms with Gasteiger partial charge in [-0.15, -0.1) is 0 Å². The van der Waals surface area contributed by atoms with Gasteiger partial charge < -0.3 is 10.6 Å². The van der Waals surface area contributed by atoms with E-state index in [2.05, 4.69) is 11.8 Å². The minimum absolute atomic E-state index is 0.181. The molecule has 1 fully saturated rings. The van der Waals surface area contributed by atoms with Crippen molar-refractivity contribution in [2.24, 2.45) is 5.73 Å². The third-order valence-corrected chi connectivity index (χ3v) is 3.64. The summed E-state index contributed by atoms with van der Waals surface area (Å²) in [4.78, 5) is 2.32. The molecule has 17 heavy (non-hydrogen) atoms. The maximum Gasteiger partial charge on any atom is 0.130 e. The smallest absolute Gasteiger partial charge is 0.130 e. The number of anilines is 1. The summed E-state index contributed by atoms with van der Waals surface area (Å²) in [6, 6.07) is 5.55. The first kappa shape index (κ1) is 12.4. The standard InChI is InChI=1S/C14H21FN2/c1-3-11-6-5-9-17(11)13-8-4-7-12(15)14(13)10(2)16/h4,7-8,10-11H,3,5-6,9,16H2,1-2H3/t10-,11?/m1/s1. The highest BCUT2D eigenvalue weighted by molar-refractivity contribution is 5.57. The SMILES string of the molecule is CCC1CCCN1c1cccc(F)c1[C@@H](C)N. The lowest BCUT2D eigenvalue weighted by Gasteiger charge is -2.29. The number of hydrogen-bond acceptors (Lipinski definition) is 2. The van der Waals surface area contributed by atoms with Crippen molar-refractivity contribution in [2.75, 3.05) is 11.4 Å². The zero-order chi connectivity index (χ0) is 12.4. The summed E-state index contributed by atoms with van der Waals surface area (Å²) in [6.07, 6.45) is 3.49. The molecule has 1 aromatic carbocycles. The Hall–Kier alpha value is -1.09. The largest absolute Gasteiger partial charge is 0.368 e. The predicted octanol–water partition coefficient (Wildman–Crippen LogP) is 3.22. The molecule has 1 unspecified atom stereocenters. The lowest BCUT2D eigenvalue weighted by molar-refractivity contribution is 0.586. The molecule has 0 aliphatic carbocycles. The summed E-state index contributed by atoms with van der Waals surface area (Å²) in [5.41, 5.74) is 7.55. The lowest BCUT2D eigenvalue weighted by Crippen LogP contribution is -2.30. The molecule has 0 amide bonds. The van der Waals surface area contributed by atoms with Crippen LogP contribution in [-0.2, 0) is 0 Å². The van der Waals surface area contributed by atoms with Crippen molar-refractivity contribution < 1.29 is 4.39 Å². The predicted molar refractivity (Wildman–Crippen MR) is 69.7 cm³/mol. The van der Waals surface area contributed by atoms with Crippen molar-refractivity contribution in [3.63, 3.8) is 0 Å². The summed E-state index contributed by atoms with van der Waals surface area (Å²) in [6.45, 7) is 5.05. The first-order chi connectivity index (χ1) is 8.15. The van der Waals surface area contributed by atoms with E-state index < -0.39 is 0 Å². The van der Waals surface area contributed by atoms with Gasteiger partial charge in [-0.2, -0.15) is 0 Å². The molecule has 2 rings (SSSR count). The molecule has 94 valence electrons. The van der Waals surface area contributed by atoms with Gasteiger partial charge in [0.1, 0.15) is 5.82 Å². The maximum absolute atomic E-state index is 13.9. The van der Waals surface area contributed by atoms with Crippen molar-refractivity contribution in [1.29, 1.82) is 0 Å². The molecule has 2 N–H and O–H groups in total. The van der Waals surface area contributed by atoms with E-state index in [0.717, 1.165) is 18.7 Å². The number of rotatable bonds is 3. The summed E-state index contributed by atoms with van der Waals surface area (Å²) in [7, 11) is 0. The molecule has 0 aromatic heterocycles. The second-order valence-corrected chi connectivity index (χ2v) is 4.86. The van der Waals surface area contributed by atoms with Crippen LogP contribution in [0.4, 0.5) is 10.1 Å². The molecule has 1 aromatic rings. The van der Waals surface area contributed by atoms with E-state index in [1.165, 1.54) is 18.9 Å². The van der Waals surface area contributed by atoms with Gasteiger partial charge in [0.25, 0.3) is 0 Å². The Bertz CT molecular complexity index is 390. The average molecular weight is 236 g/mol. The van der Waals surface area contributed by atoms with Crippen molar-refractivity contribution in [3.05, 3.63) is 29.6 Å². The van der Waals surface area contributed by atoms with Crippen LogP contribution in [0.3, 0.4) is 0 Å². The first-order valence-corrected chi connectivity index (χ1v) is 6.45. The van der Waals surface area contributed by atoms with Gasteiger partial charge in [-0.05, 0) is 38.3 Å². The number of halogens is 1. The summed E-state index contributed by atoms with van der Waals surface area (Å²) in [5, 5.41) is 0. The Morgan fingerprint density at radius 1 is 1.53 bits per heavy atom. The van der Waals surface area contributed by atoms with Gasteiger partial charge in [0.05, 0.1) is 0 Å². The van der Waals surface area contributed by atoms with Gasteiger partial charge in [-0.3, -0.25) is 0 Å². The van der Waals surface area contributed by atoms with Gasteiger partial charge in [0.2, 0.25) is 0 Å². The molecular formula is C14H21FN2. The molecular weight excluding hydrogens is 215 g/mol. The van der Waals surface area contributed by atoms with Crippen molar-refractivity contribution in [1.82, 2.24) is 0 Å². The zero-order valence-electron chi connectivity index (χ0n) is 10.6. The monoisotopic (exact) mass is 236 g/mol. The van der Waals surface area contributed by atoms with Crippen LogP contribution in [0.25, 0.3) is 0 Å². The molecule has 0 spiro atoms. The van der Waals surface area contributed by atoms with Crippen molar-refractivity contribution >= 4 is 5.69 Å². The Kier molecular flexibility index (Phi) is 3.67. The van der Waals surface area contributed by atoms with Gasteiger partial charge in [0.15, 0.2) is 0 Å². The molecule has 1 saturated heterocycles. The fourth-order valence-electron chi connectivity index (χ4n) is 2.80. The highest BCUT2D eigenvalue weighted by Crippen LogP contribution is 2.33. The fourth-order valence-corrected chi connectivity index (χ4v) is 2.80. The minimum atomic E-state index is -0.260. The van der Waals surface area contributed by atoms with Gasteiger partial charge in [-0.25, -0.2) is 4.39 Å². The summed E-state index contributed by atoms with van der Waals surface area (Å²) >= 11 is 0. The first-order valence-electron chi connectivity index (χ1n) is 6.45. The number of nitrogens with two attached hydrogens (primary N) is 1. The van der Waals surface area contributed by atoms with Crippen LogP contribution in [0.2, 0.25) is 0 Å². The Labute approximate surface area is 103 Å². The topological polar surface area (TPSA) is 29.3 Å². The number of benzene rings is 1. The summed E-state index contributed by atoms with van der Waals surface area (Å²) < 4.78 is 13.9. The normalized spacial score (nSPS) is 21.9. The van der Waals surface area contributed by atoms with Crippen LogP contribution in [0.15, 0.2) is 18.2 Å². The molecule has 1 aliphatic heterocycles. The molecule has 1 aliphatic rings. The van der Waals surface area contributed by atoms with Crippen molar-refractivity contribution in [2.45, 2.75) is 45.2 Å². The third-order valence-electron chi connectivity index (χ3n) is 3.64. The molecule has 3 heteroatoms. The van der Waals surface area contributed by atoms with Crippen LogP contribution < -0.4 is 10.6 Å². The van der Waals surface area contributed by atoms with Crippen LogP contribution in [0.5, 0.6) is 0 Å². The van der Waals surface area contributed by atoms with Gasteiger partial charge in [-0.1, -0.05) is 13.0 Å².